The Morgan fingerprint density at radius 2 is 1.77 bits per heavy atom. The summed E-state index contributed by atoms with van der Waals surface area (Å²) in [5, 5.41) is 11.7. The lowest BCUT2D eigenvalue weighted by atomic mass is 10.2. The lowest BCUT2D eigenvalue weighted by molar-refractivity contribution is 0.0951. The van der Waals surface area contributed by atoms with E-state index in [0.717, 1.165) is 25.7 Å². The van der Waals surface area contributed by atoms with Gasteiger partial charge < -0.3 is 10.4 Å². The minimum Gasteiger partial charge on any atom is -0.390 e. The van der Waals surface area contributed by atoms with E-state index in [0.29, 0.717) is 18.1 Å². The van der Waals surface area contributed by atoms with Crippen LogP contribution in [0.2, 0.25) is 0 Å². The summed E-state index contributed by atoms with van der Waals surface area (Å²) >= 11 is 5.62. The van der Waals surface area contributed by atoms with Gasteiger partial charge in [0.25, 0.3) is 21.8 Å². The molecule has 0 unspecified atom stereocenters. The predicted molar refractivity (Wildman–Crippen MR) is 113 cm³/mol. The van der Waals surface area contributed by atoms with Gasteiger partial charge in [0.2, 0.25) is 0 Å². The number of carbonyl (C=O) groups excluding carboxylic acids is 2. The average Bonchev–Trinajstić information content (AvgIpc) is 2.75. The number of unbranched alkanes of at least 4 members (excludes halogenated alkanes) is 3. The monoisotopic (exact) mass is 453 g/mol. The fraction of sp³-hybridized carbons (Fsp3) is 0.350. The molecule has 30 heavy (non-hydrogen) atoms. The largest absolute Gasteiger partial charge is 0.390 e. The summed E-state index contributed by atoms with van der Waals surface area (Å²) in [6, 6.07) is 8.23. The fourth-order valence-corrected chi connectivity index (χ4v) is 3.78. The number of amides is 2. The summed E-state index contributed by atoms with van der Waals surface area (Å²) in [5.74, 6) is -0.632. The van der Waals surface area contributed by atoms with Crippen LogP contribution < -0.4 is 10.0 Å². The highest BCUT2D eigenvalue weighted by molar-refractivity contribution is 7.90. The normalized spacial score (nSPS) is 11.1. The number of pyridine rings is 1. The van der Waals surface area contributed by atoms with Crippen molar-refractivity contribution in [2.24, 2.45) is 0 Å². The van der Waals surface area contributed by atoms with Crippen LogP contribution >= 0.6 is 11.6 Å². The van der Waals surface area contributed by atoms with Gasteiger partial charge in [-0.15, -0.1) is 11.6 Å². The van der Waals surface area contributed by atoms with E-state index in [1.54, 1.807) is 0 Å². The van der Waals surface area contributed by atoms with Crippen molar-refractivity contribution in [1.29, 1.82) is 0 Å². The van der Waals surface area contributed by atoms with Gasteiger partial charge in [-0.3, -0.25) is 14.6 Å². The van der Waals surface area contributed by atoms with Crippen LogP contribution in [-0.4, -0.2) is 42.7 Å². The summed E-state index contributed by atoms with van der Waals surface area (Å²) in [7, 11) is -4.18. The number of hydrogen-bond donors (Lipinski definition) is 3. The maximum Gasteiger partial charge on any atom is 0.266 e. The molecule has 8 nitrogen and oxygen atoms in total. The van der Waals surface area contributed by atoms with E-state index in [9.17, 15) is 18.0 Å². The summed E-state index contributed by atoms with van der Waals surface area (Å²) in [6.07, 6.45) is 4.85. The number of alkyl halides is 1. The number of halogens is 1. The highest BCUT2D eigenvalue weighted by Crippen LogP contribution is 2.13. The van der Waals surface area contributed by atoms with E-state index >= 15 is 0 Å². The molecule has 0 aliphatic carbocycles. The van der Waals surface area contributed by atoms with E-state index in [-0.39, 0.29) is 28.5 Å². The Morgan fingerprint density at radius 1 is 1.00 bits per heavy atom. The van der Waals surface area contributed by atoms with Crippen molar-refractivity contribution in [2.75, 3.05) is 12.4 Å². The molecule has 3 N–H and O–H groups in total. The minimum atomic E-state index is -4.18. The molecule has 0 bridgehead atoms. The predicted octanol–water partition coefficient (Wildman–Crippen LogP) is 2.22. The molecule has 0 radical (unpaired) electrons. The number of nitrogens with one attached hydrogen (secondary N) is 2. The molecule has 1 aromatic carbocycles. The number of sulfonamides is 1. The van der Waals surface area contributed by atoms with Crippen LogP contribution in [0.4, 0.5) is 0 Å². The zero-order valence-corrected chi connectivity index (χ0v) is 17.9. The second-order valence-corrected chi connectivity index (χ2v) is 8.58. The van der Waals surface area contributed by atoms with Crippen LogP contribution in [0.3, 0.4) is 0 Å². The second-order valence-electron chi connectivity index (χ2n) is 6.52. The number of aliphatic hydroxyl groups is 1. The van der Waals surface area contributed by atoms with Crippen LogP contribution in [0.1, 0.15) is 52.1 Å². The molecular formula is C20H24ClN3O5S. The van der Waals surface area contributed by atoms with Crippen molar-refractivity contribution in [3.63, 3.8) is 0 Å². The SMILES string of the molecule is O=C(NCCCCCCCl)c1cccc(S(=O)(=O)NC(=O)c2ccc(CO)nc2)c1. The number of nitrogens with zero attached hydrogens (tertiary/aromatic N) is 1. The Balaban J connectivity index is 2.00. The van der Waals surface area contributed by atoms with Crippen molar-refractivity contribution in [2.45, 2.75) is 37.2 Å². The van der Waals surface area contributed by atoms with E-state index in [1.165, 1.54) is 42.6 Å². The number of hydrogen-bond acceptors (Lipinski definition) is 6. The van der Waals surface area contributed by atoms with Gasteiger partial charge >= 0.3 is 0 Å². The Labute approximate surface area is 180 Å². The first-order valence-electron chi connectivity index (χ1n) is 9.44. The third-order valence-electron chi connectivity index (χ3n) is 4.23. The van der Waals surface area contributed by atoms with Gasteiger partial charge in [0.15, 0.2) is 0 Å². The second kappa shape index (κ2) is 11.6. The molecule has 0 saturated heterocycles. The zero-order chi connectivity index (χ0) is 22.0. The molecule has 162 valence electrons. The van der Waals surface area contributed by atoms with Crippen molar-refractivity contribution in [1.82, 2.24) is 15.0 Å². The molecule has 0 aliphatic rings. The maximum absolute atomic E-state index is 12.5. The van der Waals surface area contributed by atoms with Crippen molar-refractivity contribution < 1.29 is 23.1 Å². The number of rotatable bonds is 11. The standard InChI is InChI=1S/C20H24ClN3O5S/c21-10-3-1-2-4-11-22-19(26)15-6-5-7-18(12-15)30(28,29)24-20(27)16-8-9-17(14-25)23-13-16/h5-9,12-13,25H,1-4,10-11,14H2,(H,22,26)(H,24,27). The molecule has 0 atom stereocenters. The molecular weight excluding hydrogens is 430 g/mol. The van der Waals surface area contributed by atoms with Crippen molar-refractivity contribution in [3.8, 4) is 0 Å². The van der Waals surface area contributed by atoms with Crippen LogP contribution in [0.5, 0.6) is 0 Å². The molecule has 0 spiro atoms. The first kappa shape index (κ1) is 23.8. The van der Waals surface area contributed by atoms with Gasteiger partial charge in [-0.2, -0.15) is 0 Å². The van der Waals surface area contributed by atoms with E-state index < -0.39 is 15.9 Å². The Hall–Kier alpha value is -2.49. The third kappa shape index (κ3) is 7.08. The summed E-state index contributed by atoms with van der Waals surface area (Å²) in [6.45, 7) is 0.189. The highest BCUT2D eigenvalue weighted by atomic mass is 35.5. The van der Waals surface area contributed by atoms with Gasteiger partial charge in [-0.1, -0.05) is 18.9 Å². The van der Waals surface area contributed by atoms with Crippen LogP contribution in [-0.2, 0) is 16.6 Å². The van der Waals surface area contributed by atoms with E-state index in [4.69, 9.17) is 16.7 Å². The number of aromatic nitrogens is 1. The quantitative estimate of drug-likeness (QED) is 0.354. The Bertz CT molecular complexity index is 965. The van der Waals surface area contributed by atoms with Crippen molar-refractivity contribution >= 4 is 33.4 Å². The first-order valence-corrected chi connectivity index (χ1v) is 11.5. The smallest absolute Gasteiger partial charge is 0.266 e. The van der Waals surface area contributed by atoms with Gasteiger partial charge in [0.05, 0.1) is 22.8 Å². The molecule has 1 heterocycles. The fourth-order valence-electron chi connectivity index (χ4n) is 2.57. The van der Waals surface area contributed by atoms with Crippen molar-refractivity contribution in [3.05, 3.63) is 59.4 Å². The summed E-state index contributed by atoms with van der Waals surface area (Å²) in [5.41, 5.74) is 0.561. The topological polar surface area (TPSA) is 125 Å². The average molecular weight is 454 g/mol. The Morgan fingerprint density at radius 3 is 2.43 bits per heavy atom. The van der Waals surface area contributed by atoms with Crippen LogP contribution in [0.15, 0.2) is 47.5 Å². The molecule has 2 rings (SSSR count). The number of benzene rings is 1. The highest BCUT2D eigenvalue weighted by Gasteiger charge is 2.20. The molecule has 0 aliphatic heterocycles. The molecule has 10 heteroatoms. The zero-order valence-electron chi connectivity index (χ0n) is 16.3. The Kier molecular flexibility index (Phi) is 9.22. The minimum absolute atomic E-state index is 0.0267. The molecule has 1 aromatic heterocycles. The lowest BCUT2D eigenvalue weighted by Crippen LogP contribution is -2.31. The summed E-state index contributed by atoms with van der Waals surface area (Å²) < 4.78 is 27.0. The van der Waals surface area contributed by atoms with Crippen LogP contribution in [0.25, 0.3) is 0 Å². The number of aliphatic hydroxyl groups excluding tert-OH is 1. The van der Waals surface area contributed by atoms with Gasteiger partial charge in [-0.05, 0) is 43.2 Å². The number of carbonyl (C=O) groups is 2. The van der Waals surface area contributed by atoms with Gasteiger partial charge in [-0.25, -0.2) is 13.1 Å². The molecule has 0 saturated carbocycles. The molecule has 0 fully saturated rings. The maximum atomic E-state index is 12.5. The molecule has 2 aromatic rings. The molecule has 2 amide bonds. The van der Waals surface area contributed by atoms with E-state index in [2.05, 4.69) is 10.3 Å². The third-order valence-corrected chi connectivity index (χ3v) is 5.82. The first-order chi connectivity index (χ1) is 14.4. The lowest BCUT2D eigenvalue weighted by Gasteiger charge is -2.09. The van der Waals surface area contributed by atoms with E-state index in [1.807, 2.05) is 4.72 Å². The summed E-state index contributed by atoms with van der Waals surface area (Å²) in [4.78, 5) is 28.1. The van der Waals surface area contributed by atoms with Crippen LogP contribution in [0, 0.1) is 0 Å². The van der Waals surface area contributed by atoms with Gasteiger partial charge in [0.1, 0.15) is 0 Å². The van der Waals surface area contributed by atoms with Gasteiger partial charge in [0, 0.05) is 24.2 Å².